The summed E-state index contributed by atoms with van der Waals surface area (Å²) in [5.74, 6) is 0. The molecule has 0 heterocycles. The Kier molecular flexibility index (Phi) is 11.6. The third-order valence-corrected chi connectivity index (χ3v) is 6.20. The molecule has 0 aromatic heterocycles. The smallest absolute Gasteiger partial charge is 0.211 e. The molecule has 0 unspecified atom stereocenters. The van der Waals surface area contributed by atoms with E-state index in [1.165, 1.54) is 51.4 Å². The Morgan fingerprint density at radius 2 is 1.44 bits per heavy atom. The van der Waals surface area contributed by atoms with E-state index in [1.807, 2.05) is 5.40 Å². The Balaban J connectivity index is 2.13. The van der Waals surface area contributed by atoms with Crippen molar-refractivity contribution in [2.45, 2.75) is 80.9 Å². The fraction of sp³-hybridized carbons (Fsp3) is 0.632. The van der Waals surface area contributed by atoms with Crippen LogP contribution in [0, 0.1) is 10.7 Å². The summed E-state index contributed by atoms with van der Waals surface area (Å²) in [4.78, 5) is 0.998. The zero-order chi connectivity index (χ0) is 18.4. The summed E-state index contributed by atoms with van der Waals surface area (Å²) in [7, 11) is -3.44. The molecule has 0 aliphatic rings. The number of sulfonamides is 1. The van der Waals surface area contributed by atoms with Gasteiger partial charge < -0.3 is 0 Å². The second-order valence-electron chi connectivity index (χ2n) is 6.24. The monoisotopic (exact) mass is 382 g/mol. The number of nitriles is 1. The lowest BCUT2D eigenvalue weighted by molar-refractivity contribution is 0.549. The summed E-state index contributed by atoms with van der Waals surface area (Å²) in [6.45, 7) is 2.71. The number of thioether (sulfide) groups is 1. The van der Waals surface area contributed by atoms with Gasteiger partial charge in [-0.05, 0) is 42.4 Å². The van der Waals surface area contributed by atoms with E-state index in [2.05, 4.69) is 11.6 Å². The van der Waals surface area contributed by atoms with Crippen LogP contribution in [0.2, 0.25) is 0 Å². The molecule has 0 saturated heterocycles. The zero-order valence-electron chi connectivity index (χ0n) is 15.2. The average molecular weight is 383 g/mol. The van der Waals surface area contributed by atoms with E-state index in [0.717, 1.165) is 29.5 Å². The molecule has 4 nitrogen and oxygen atoms in total. The second-order valence-corrected chi connectivity index (χ2v) is 8.87. The first-order valence-electron chi connectivity index (χ1n) is 9.26. The number of unbranched alkanes of at least 4 members (excludes halogenated alkanes) is 9. The maximum absolute atomic E-state index is 12.2. The average Bonchev–Trinajstić information content (AvgIpc) is 2.60. The molecule has 0 aliphatic carbocycles. The standard InChI is InChI=1S/C19H30N2O2S2/c1-2-3-4-5-6-7-8-9-10-11-16-21-25(22,23)19-14-12-18(13-15-19)24-17-20/h12-15,21H,2-11,16H2,1H3. The predicted molar refractivity (Wildman–Crippen MR) is 105 cm³/mol. The van der Waals surface area contributed by atoms with Crippen molar-refractivity contribution >= 4 is 21.8 Å². The minimum absolute atomic E-state index is 0.252. The van der Waals surface area contributed by atoms with Crippen LogP contribution in [0.4, 0.5) is 0 Å². The van der Waals surface area contributed by atoms with E-state index in [1.54, 1.807) is 24.3 Å². The topological polar surface area (TPSA) is 70.0 Å². The summed E-state index contributed by atoms with van der Waals surface area (Å²) in [5.41, 5.74) is 0. The lowest BCUT2D eigenvalue weighted by atomic mass is 10.1. The molecule has 1 N–H and O–H groups in total. The Morgan fingerprint density at radius 3 is 1.96 bits per heavy atom. The van der Waals surface area contributed by atoms with Crippen molar-refractivity contribution in [2.24, 2.45) is 0 Å². The lowest BCUT2D eigenvalue weighted by Crippen LogP contribution is -2.24. The van der Waals surface area contributed by atoms with E-state index in [0.29, 0.717) is 6.54 Å². The van der Waals surface area contributed by atoms with Crippen LogP contribution in [0.5, 0.6) is 0 Å². The Morgan fingerprint density at radius 1 is 0.920 bits per heavy atom. The van der Waals surface area contributed by atoms with Gasteiger partial charge in [0.1, 0.15) is 5.40 Å². The Labute approximate surface area is 157 Å². The third-order valence-electron chi connectivity index (χ3n) is 4.12. The summed E-state index contributed by atoms with van der Waals surface area (Å²) in [6.07, 6.45) is 12.3. The van der Waals surface area contributed by atoms with Crippen LogP contribution >= 0.6 is 11.8 Å². The van der Waals surface area contributed by atoms with Gasteiger partial charge in [0.15, 0.2) is 0 Å². The van der Waals surface area contributed by atoms with E-state index < -0.39 is 10.0 Å². The maximum Gasteiger partial charge on any atom is 0.240 e. The summed E-state index contributed by atoms with van der Waals surface area (Å²) < 4.78 is 27.0. The molecule has 6 heteroatoms. The zero-order valence-corrected chi connectivity index (χ0v) is 16.8. The van der Waals surface area contributed by atoms with Crippen molar-refractivity contribution < 1.29 is 8.42 Å². The molecular weight excluding hydrogens is 352 g/mol. The van der Waals surface area contributed by atoms with Gasteiger partial charge in [-0.3, -0.25) is 0 Å². The largest absolute Gasteiger partial charge is 0.240 e. The van der Waals surface area contributed by atoms with Crippen molar-refractivity contribution in [2.75, 3.05) is 6.54 Å². The number of nitrogens with one attached hydrogen (secondary N) is 1. The van der Waals surface area contributed by atoms with Crippen LogP contribution in [0.15, 0.2) is 34.1 Å². The molecule has 0 aliphatic heterocycles. The first kappa shape index (κ1) is 22.0. The van der Waals surface area contributed by atoms with Crippen LogP contribution in [0.3, 0.4) is 0 Å². The third kappa shape index (κ3) is 9.88. The molecule has 0 fully saturated rings. The van der Waals surface area contributed by atoms with Crippen molar-refractivity contribution in [3.05, 3.63) is 24.3 Å². The summed E-state index contributed by atoms with van der Waals surface area (Å²) >= 11 is 1.02. The SMILES string of the molecule is CCCCCCCCCCCCNS(=O)(=O)c1ccc(SC#N)cc1. The normalized spacial score (nSPS) is 11.4. The fourth-order valence-electron chi connectivity index (χ4n) is 2.64. The number of hydrogen-bond donors (Lipinski definition) is 1. The van der Waals surface area contributed by atoms with Crippen LogP contribution in [0.1, 0.15) is 71.1 Å². The van der Waals surface area contributed by atoms with Crippen molar-refractivity contribution in [3.8, 4) is 5.40 Å². The number of nitrogens with zero attached hydrogens (tertiary/aromatic N) is 1. The Bertz CT molecular complexity index is 607. The van der Waals surface area contributed by atoms with E-state index in [-0.39, 0.29) is 4.90 Å². The molecule has 0 amide bonds. The number of hydrogen-bond acceptors (Lipinski definition) is 4. The highest BCUT2D eigenvalue weighted by atomic mass is 32.2. The van der Waals surface area contributed by atoms with Crippen molar-refractivity contribution in [3.63, 3.8) is 0 Å². The van der Waals surface area contributed by atoms with Crippen LogP contribution in [-0.2, 0) is 10.0 Å². The quantitative estimate of drug-likeness (QED) is 0.263. The highest BCUT2D eigenvalue weighted by Gasteiger charge is 2.12. The van der Waals surface area contributed by atoms with Crippen molar-refractivity contribution in [1.82, 2.24) is 4.72 Å². The first-order valence-corrected chi connectivity index (χ1v) is 11.6. The predicted octanol–water partition coefficient (Wildman–Crippen LogP) is 5.46. The van der Waals surface area contributed by atoms with Gasteiger partial charge in [0.25, 0.3) is 0 Å². The van der Waals surface area contributed by atoms with Crippen LogP contribution < -0.4 is 4.72 Å². The number of thiocyanates is 1. The molecule has 0 spiro atoms. The molecule has 0 atom stereocenters. The molecule has 0 bridgehead atoms. The van der Waals surface area contributed by atoms with Crippen LogP contribution in [-0.4, -0.2) is 15.0 Å². The fourth-order valence-corrected chi connectivity index (χ4v) is 4.09. The second kappa shape index (κ2) is 13.2. The molecule has 1 aromatic rings. The van der Waals surface area contributed by atoms with Gasteiger partial charge in [-0.15, -0.1) is 0 Å². The number of rotatable bonds is 14. The minimum Gasteiger partial charge on any atom is -0.211 e. The van der Waals surface area contributed by atoms with Gasteiger partial charge in [-0.25, -0.2) is 13.1 Å². The Hall–Kier alpha value is -1.03. The number of benzene rings is 1. The van der Waals surface area contributed by atoms with Crippen molar-refractivity contribution in [1.29, 1.82) is 5.26 Å². The maximum atomic E-state index is 12.2. The van der Waals surface area contributed by atoms with E-state index in [9.17, 15) is 8.42 Å². The molecule has 0 radical (unpaired) electrons. The first-order chi connectivity index (χ1) is 12.1. The van der Waals surface area contributed by atoms with Gasteiger partial charge in [0.05, 0.1) is 4.90 Å². The highest BCUT2D eigenvalue weighted by molar-refractivity contribution is 8.03. The molecule has 1 aromatic carbocycles. The lowest BCUT2D eigenvalue weighted by Gasteiger charge is -2.07. The van der Waals surface area contributed by atoms with Crippen LogP contribution in [0.25, 0.3) is 0 Å². The molecular formula is C19H30N2O2S2. The van der Waals surface area contributed by atoms with Gasteiger partial charge in [0, 0.05) is 11.4 Å². The molecule has 25 heavy (non-hydrogen) atoms. The van der Waals surface area contributed by atoms with E-state index in [4.69, 9.17) is 5.26 Å². The van der Waals surface area contributed by atoms with E-state index >= 15 is 0 Å². The van der Waals surface area contributed by atoms with Gasteiger partial charge in [-0.2, -0.15) is 5.26 Å². The molecule has 140 valence electrons. The van der Waals surface area contributed by atoms with Gasteiger partial charge in [0.2, 0.25) is 10.0 Å². The molecule has 0 saturated carbocycles. The highest BCUT2D eigenvalue weighted by Crippen LogP contribution is 2.19. The molecule has 1 rings (SSSR count). The summed E-state index contributed by atoms with van der Waals surface area (Å²) in [5, 5.41) is 10.6. The van der Waals surface area contributed by atoms with Gasteiger partial charge in [-0.1, -0.05) is 64.7 Å². The summed E-state index contributed by atoms with van der Waals surface area (Å²) in [6, 6.07) is 6.40. The minimum atomic E-state index is -3.44. The van der Waals surface area contributed by atoms with Gasteiger partial charge >= 0.3 is 0 Å².